The average Bonchev–Trinajstić information content (AvgIpc) is 1.88. The molecule has 1 saturated carbocycles. The Balaban J connectivity index is 2.53. The molecule has 1 fully saturated rings. The highest BCUT2D eigenvalue weighted by Crippen LogP contribution is 2.17. The number of Topliss-reactive ketones (excluding diaryl/α,β-unsaturated/α-hetero) is 1. The van der Waals surface area contributed by atoms with E-state index in [0.29, 0.717) is 12.8 Å². The molecule has 0 unspecified atom stereocenters. The normalized spacial score (nSPS) is 34.4. The van der Waals surface area contributed by atoms with Crippen molar-refractivity contribution in [2.24, 2.45) is 0 Å². The van der Waals surface area contributed by atoms with Crippen LogP contribution in [0.5, 0.6) is 0 Å². The van der Waals surface area contributed by atoms with Crippen molar-refractivity contribution in [3.63, 3.8) is 0 Å². The molecule has 58 valence electrons. The number of aliphatic hydroxyl groups is 1. The minimum atomic E-state index is -0.578. The first-order valence-electron chi connectivity index (χ1n) is 3.49. The molecule has 10 heavy (non-hydrogen) atoms. The summed E-state index contributed by atoms with van der Waals surface area (Å²) in [5, 5.41) is 9.19. The zero-order chi connectivity index (χ0) is 7.56. The molecule has 3 nitrogen and oxygen atoms in total. The Hall–Kier alpha value is -0.410. The fourth-order valence-corrected chi connectivity index (χ4v) is 1.28. The molecule has 0 aromatic carbocycles. The van der Waals surface area contributed by atoms with E-state index in [1.165, 1.54) is 7.11 Å². The van der Waals surface area contributed by atoms with Crippen molar-refractivity contribution in [3.05, 3.63) is 0 Å². The minimum absolute atomic E-state index is 0.0289. The molecule has 0 aliphatic heterocycles. The lowest BCUT2D eigenvalue weighted by molar-refractivity contribution is -0.139. The highest BCUT2D eigenvalue weighted by atomic mass is 16.5. The summed E-state index contributed by atoms with van der Waals surface area (Å²) in [7, 11) is 1.46. The summed E-state index contributed by atoms with van der Waals surface area (Å²) in [6, 6.07) is 0. The lowest BCUT2D eigenvalue weighted by atomic mass is 9.94. The summed E-state index contributed by atoms with van der Waals surface area (Å²) >= 11 is 0. The first-order chi connectivity index (χ1) is 4.75. The summed E-state index contributed by atoms with van der Waals surface area (Å²) < 4.78 is 4.82. The van der Waals surface area contributed by atoms with Gasteiger partial charge >= 0.3 is 0 Å². The van der Waals surface area contributed by atoms with E-state index in [1.54, 1.807) is 0 Å². The number of hydrogen-bond acceptors (Lipinski definition) is 3. The van der Waals surface area contributed by atoms with Crippen molar-refractivity contribution in [2.75, 3.05) is 7.11 Å². The number of hydrogen-bond donors (Lipinski definition) is 1. The van der Waals surface area contributed by atoms with Gasteiger partial charge in [-0.05, 0) is 12.8 Å². The van der Waals surface area contributed by atoms with Crippen LogP contribution in [0.25, 0.3) is 0 Å². The molecule has 0 saturated heterocycles. The van der Waals surface area contributed by atoms with Crippen molar-refractivity contribution in [1.29, 1.82) is 0 Å². The van der Waals surface area contributed by atoms with Crippen LogP contribution < -0.4 is 0 Å². The third-order valence-corrected chi connectivity index (χ3v) is 1.84. The first kappa shape index (κ1) is 7.69. The number of carbonyl (C=O) groups excluding carboxylic acids is 1. The molecule has 2 atom stereocenters. The van der Waals surface area contributed by atoms with Crippen LogP contribution in [0.2, 0.25) is 0 Å². The van der Waals surface area contributed by atoms with Crippen molar-refractivity contribution in [1.82, 2.24) is 0 Å². The lowest BCUT2D eigenvalue weighted by Gasteiger charge is -2.24. The maximum atomic E-state index is 11.0. The number of rotatable bonds is 1. The third-order valence-electron chi connectivity index (χ3n) is 1.84. The first-order valence-corrected chi connectivity index (χ1v) is 3.49. The van der Waals surface area contributed by atoms with E-state index < -0.39 is 12.2 Å². The Kier molecular flexibility index (Phi) is 2.40. The van der Waals surface area contributed by atoms with E-state index in [-0.39, 0.29) is 5.78 Å². The van der Waals surface area contributed by atoms with Crippen LogP contribution in [-0.4, -0.2) is 30.2 Å². The van der Waals surface area contributed by atoms with Crippen LogP contribution in [0, 0.1) is 0 Å². The molecule has 0 aromatic rings. The highest BCUT2D eigenvalue weighted by molar-refractivity contribution is 5.84. The van der Waals surface area contributed by atoms with Gasteiger partial charge in [-0.2, -0.15) is 0 Å². The van der Waals surface area contributed by atoms with E-state index >= 15 is 0 Å². The topological polar surface area (TPSA) is 46.5 Å². The second-order valence-corrected chi connectivity index (χ2v) is 2.58. The van der Waals surface area contributed by atoms with Crippen LogP contribution in [0.4, 0.5) is 0 Å². The van der Waals surface area contributed by atoms with Gasteiger partial charge in [0.1, 0.15) is 6.10 Å². The average molecular weight is 144 g/mol. The fourth-order valence-electron chi connectivity index (χ4n) is 1.28. The van der Waals surface area contributed by atoms with Gasteiger partial charge in [0.15, 0.2) is 5.78 Å². The van der Waals surface area contributed by atoms with Crippen LogP contribution in [-0.2, 0) is 9.53 Å². The SMILES string of the molecule is CO[C@@H]1C(=O)CCC[C@H]1O. The molecule has 0 aromatic heterocycles. The molecule has 1 N–H and O–H groups in total. The molecule has 0 spiro atoms. The second kappa shape index (κ2) is 3.12. The Morgan fingerprint density at radius 3 is 2.80 bits per heavy atom. The van der Waals surface area contributed by atoms with Gasteiger partial charge in [-0.1, -0.05) is 0 Å². The Labute approximate surface area is 60.0 Å². The van der Waals surface area contributed by atoms with Gasteiger partial charge in [-0.15, -0.1) is 0 Å². The summed E-state index contributed by atoms with van der Waals surface area (Å²) in [6.07, 6.45) is 0.889. The van der Waals surface area contributed by atoms with Crippen molar-refractivity contribution in [2.45, 2.75) is 31.5 Å². The summed E-state index contributed by atoms with van der Waals surface area (Å²) in [4.78, 5) is 11.0. The van der Waals surface area contributed by atoms with E-state index in [0.717, 1.165) is 6.42 Å². The highest BCUT2D eigenvalue weighted by Gasteiger charge is 2.29. The molecule has 0 radical (unpaired) electrons. The minimum Gasteiger partial charge on any atom is -0.390 e. The van der Waals surface area contributed by atoms with Crippen molar-refractivity contribution < 1.29 is 14.6 Å². The second-order valence-electron chi connectivity index (χ2n) is 2.58. The molecule has 0 heterocycles. The maximum absolute atomic E-state index is 11.0. The van der Waals surface area contributed by atoms with Crippen LogP contribution in [0.1, 0.15) is 19.3 Å². The van der Waals surface area contributed by atoms with Gasteiger partial charge in [-0.3, -0.25) is 4.79 Å². The van der Waals surface area contributed by atoms with E-state index in [4.69, 9.17) is 4.74 Å². The number of carbonyl (C=O) groups is 1. The predicted molar refractivity (Wildman–Crippen MR) is 35.7 cm³/mol. The van der Waals surface area contributed by atoms with Gasteiger partial charge in [0.25, 0.3) is 0 Å². The summed E-state index contributed by atoms with van der Waals surface area (Å²) in [6.45, 7) is 0. The van der Waals surface area contributed by atoms with E-state index in [9.17, 15) is 9.90 Å². The van der Waals surface area contributed by atoms with Crippen LogP contribution >= 0.6 is 0 Å². The Morgan fingerprint density at radius 2 is 2.40 bits per heavy atom. The monoisotopic (exact) mass is 144 g/mol. The van der Waals surface area contributed by atoms with Gasteiger partial charge in [0.05, 0.1) is 6.10 Å². The fraction of sp³-hybridized carbons (Fsp3) is 0.857. The quantitative estimate of drug-likeness (QED) is 0.568. The molecule has 0 amide bonds. The number of ether oxygens (including phenoxy) is 1. The van der Waals surface area contributed by atoms with Crippen LogP contribution in [0.3, 0.4) is 0 Å². The zero-order valence-corrected chi connectivity index (χ0v) is 6.04. The number of aliphatic hydroxyl groups excluding tert-OH is 1. The van der Waals surface area contributed by atoms with Gasteiger partial charge in [0.2, 0.25) is 0 Å². The molecule has 0 bridgehead atoms. The predicted octanol–water partition coefficient (Wildman–Crippen LogP) is 0.115. The molecule has 3 heteroatoms. The molecule has 1 aliphatic rings. The number of ketones is 1. The number of methoxy groups -OCH3 is 1. The van der Waals surface area contributed by atoms with E-state index in [2.05, 4.69) is 0 Å². The Bertz CT molecular complexity index is 133. The van der Waals surface area contributed by atoms with Crippen molar-refractivity contribution in [3.8, 4) is 0 Å². The van der Waals surface area contributed by atoms with E-state index in [1.807, 2.05) is 0 Å². The Morgan fingerprint density at radius 1 is 1.70 bits per heavy atom. The summed E-state index contributed by atoms with van der Waals surface area (Å²) in [5.41, 5.74) is 0. The van der Waals surface area contributed by atoms with Crippen molar-refractivity contribution >= 4 is 5.78 Å². The molecular formula is C7H12O3. The summed E-state index contributed by atoms with van der Waals surface area (Å²) in [5.74, 6) is 0.0289. The molecular weight excluding hydrogens is 132 g/mol. The maximum Gasteiger partial charge on any atom is 0.164 e. The standard InChI is InChI=1S/C7H12O3/c1-10-7-5(8)3-2-4-6(7)9/h5,7-8H,2-4H2,1H3/t5-,7+/m1/s1. The smallest absolute Gasteiger partial charge is 0.164 e. The molecule has 1 rings (SSSR count). The van der Waals surface area contributed by atoms with Gasteiger partial charge < -0.3 is 9.84 Å². The largest absolute Gasteiger partial charge is 0.390 e. The lowest BCUT2D eigenvalue weighted by Crippen LogP contribution is -2.39. The van der Waals surface area contributed by atoms with Crippen LogP contribution in [0.15, 0.2) is 0 Å². The van der Waals surface area contributed by atoms with Gasteiger partial charge in [-0.25, -0.2) is 0 Å². The zero-order valence-electron chi connectivity index (χ0n) is 6.04. The molecule has 1 aliphatic carbocycles. The van der Waals surface area contributed by atoms with Gasteiger partial charge in [0, 0.05) is 13.5 Å². The third kappa shape index (κ3) is 1.36.